The molecule has 4 atom stereocenters. The Bertz CT molecular complexity index is 849. The Labute approximate surface area is 161 Å². The van der Waals surface area contributed by atoms with Crippen LogP contribution < -0.4 is 5.32 Å². The van der Waals surface area contributed by atoms with Crippen molar-refractivity contribution in [1.82, 2.24) is 0 Å². The Morgan fingerprint density at radius 2 is 1.96 bits per heavy atom. The lowest BCUT2D eigenvalue weighted by Crippen LogP contribution is -2.47. The van der Waals surface area contributed by atoms with E-state index in [1.165, 1.54) is 0 Å². The van der Waals surface area contributed by atoms with Gasteiger partial charge in [-0.25, -0.2) is 0 Å². The van der Waals surface area contributed by atoms with E-state index in [2.05, 4.69) is 5.32 Å². The molecule has 0 spiro atoms. The molecule has 2 N–H and O–H groups in total. The highest BCUT2D eigenvalue weighted by Gasteiger charge is 2.54. The number of benzene rings is 1. The highest BCUT2D eigenvalue weighted by atomic mass is 16.6. The molecule has 150 valence electrons. The maximum absolute atomic E-state index is 12.6. The fourth-order valence-electron chi connectivity index (χ4n) is 3.79. The van der Waals surface area contributed by atoms with Crippen LogP contribution in [0.1, 0.15) is 30.9 Å². The molecule has 1 fully saturated rings. The lowest BCUT2D eigenvalue weighted by Gasteiger charge is -2.23. The van der Waals surface area contributed by atoms with Gasteiger partial charge in [0.15, 0.2) is 0 Å². The van der Waals surface area contributed by atoms with Gasteiger partial charge < -0.3 is 10.4 Å². The van der Waals surface area contributed by atoms with Crippen molar-refractivity contribution in [1.29, 1.82) is 0 Å². The van der Waals surface area contributed by atoms with Crippen molar-refractivity contribution in [3.8, 4) is 0 Å². The summed E-state index contributed by atoms with van der Waals surface area (Å²) in [7, 11) is 0. The van der Waals surface area contributed by atoms with E-state index < -0.39 is 58.6 Å². The summed E-state index contributed by atoms with van der Waals surface area (Å²) in [5, 5.41) is 23.1. The van der Waals surface area contributed by atoms with Crippen molar-refractivity contribution in [2.24, 2.45) is 17.8 Å². The predicted molar refractivity (Wildman–Crippen MR) is 98.4 cm³/mol. The number of aliphatic carboxylic acids is 1. The van der Waals surface area contributed by atoms with E-state index in [-0.39, 0.29) is 6.42 Å². The van der Waals surface area contributed by atoms with E-state index in [0.717, 1.165) is 5.56 Å². The zero-order valence-electron chi connectivity index (χ0n) is 15.8. The van der Waals surface area contributed by atoms with Gasteiger partial charge in [0.05, 0.1) is 6.42 Å². The molecule has 0 aliphatic heterocycles. The van der Waals surface area contributed by atoms with E-state index in [0.29, 0.717) is 11.3 Å². The summed E-state index contributed by atoms with van der Waals surface area (Å²) in [6.45, 7) is 5.06. The van der Waals surface area contributed by atoms with Crippen LogP contribution in [0, 0.1) is 41.7 Å². The van der Waals surface area contributed by atoms with Gasteiger partial charge >= 0.3 is 5.97 Å². The van der Waals surface area contributed by atoms with Gasteiger partial charge in [0.1, 0.15) is 5.78 Å². The molecular weight excluding hydrogens is 368 g/mol. The van der Waals surface area contributed by atoms with Crippen LogP contribution in [0.2, 0.25) is 0 Å². The number of Topliss-reactive ketones (excluding diaryl/α,β-unsaturated/α-hetero) is 2. The third kappa shape index (κ3) is 4.41. The number of hydrogen-bond acceptors (Lipinski definition) is 6. The number of anilines is 1. The average Bonchev–Trinajstić information content (AvgIpc) is 2.84. The molecule has 0 aromatic heterocycles. The molecule has 0 saturated heterocycles. The second-order valence-electron chi connectivity index (χ2n) is 7.30. The molecule has 0 unspecified atom stereocenters. The Morgan fingerprint density at radius 1 is 1.32 bits per heavy atom. The summed E-state index contributed by atoms with van der Waals surface area (Å²) in [5.41, 5.74) is 1.87. The zero-order valence-corrected chi connectivity index (χ0v) is 15.8. The number of nitro groups is 1. The van der Waals surface area contributed by atoms with Crippen molar-refractivity contribution in [2.75, 3.05) is 5.32 Å². The number of carboxylic acids is 1. The van der Waals surface area contributed by atoms with Gasteiger partial charge in [-0.3, -0.25) is 29.3 Å². The van der Waals surface area contributed by atoms with Crippen LogP contribution in [0.4, 0.5) is 5.69 Å². The summed E-state index contributed by atoms with van der Waals surface area (Å²) in [6.07, 6.45) is -0.664. The molecule has 9 nitrogen and oxygen atoms in total. The van der Waals surface area contributed by atoms with Gasteiger partial charge in [-0.1, -0.05) is 19.1 Å². The summed E-state index contributed by atoms with van der Waals surface area (Å²) in [5.74, 6) is -7.05. The van der Waals surface area contributed by atoms with Gasteiger partial charge in [-0.05, 0) is 37.0 Å². The zero-order chi connectivity index (χ0) is 21.2. The fourth-order valence-corrected chi connectivity index (χ4v) is 3.79. The molecule has 0 heterocycles. The smallest absolute Gasteiger partial charge is 0.304 e. The summed E-state index contributed by atoms with van der Waals surface area (Å²) < 4.78 is 0. The molecule has 28 heavy (non-hydrogen) atoms. The number of carbonyl (C=O) groups is 4. The number of aryl methyl sites for hydroxylation is 2. The number of carboxylic acid groups (broad SMARTS) is 1. The number of nitrogens with one attached hydrogen (secondary N) is 1. The summed E-state index contributed by atoms with van der Waals surface area (Å²) in [4.78, 5) is 59.0. The van der Waals surface area contributed by atoms with E-state index in [9.17, 15) is 29.3 Å². The molecular formula is C19H22N2O7. The van der Waals surface area contributed by atoms with Crippen LogP contribution >= 0.6 is 0 Å². The maximum Gasteiger partial charge on any atom is 0.304 e. The number of rotatable bonds is 7. The minimum absolute atomic E-state index is 0.0567. The predicted octanol–water partition coefficient (Wildman–Crippen LogP) is 1.77. The molecule has 0 bridgehead atoms. The molecule has 2 rings (SSSR count). The quantitative estimate of drug-likeness (QED) is 0.410. The minimum Gasteiger partial charge on any atom is -0.481 e. The third-order valence-corrected chi connectivity index (χ3v) is 5.18. The number of ketones is 2. The first kappa shape index (κ1) is 21.2. The SMILES string of the molecule is Cc1ccc(C)c(NC(=O)C(=O)[C@H]([C@@H]2[C@H](C)CC(=O)[C@@H]2CC(=O)O)[N+](=O)[O-])c1. The Kier molecular flexibility index (Phi) is 6.27. The van der Waals surface area contributed by atoms with Gasteiger partial charge in [0, 0.05) is 28.9 Å². The highest BCUT2D eigenvalue weighted by molar-refractivity contribution is 6.42. The molecule has 9 heteroatoms. The van der Waals surface area contributed by atoms with E-state index >= 15 is 0 Å². The van der Waals surface area contributed by atoms with Crippen molar-refractivity contribution in [3.63, 3.8) is 0 Å². The standard InChI is InChI=1S/C19H22N2O7/c1-9-4-5-10(2)13(6-9)20-19(26)18(25)17(21(27)28)16-11(3)7-14(22)12(16)8-15(23)24/h4-6,11-12,16-17H,7-8H2,1-3H3,(H,20,26)(H,23,24)/t11-,12+,16-,17+/m1/s1. The number of hydrogen-bond donors (Lipinski definition) is 2. The normalized spacial score (nSPS) is 22.5. The minimum atomic E-state index is -1.98. The first-order chi connectivity index (χ1) is 13.0. The van der Waals surface area contributed by atoms with Crippen molar-refractivity contribution in [2.45, 2.75) is 39.7 Å². The molecule has 1 aromatic rings. The van der Waals surface area contributed by atoms with Crippen LogP contribution in [0.15, 0.2) is 18.2 Å². The van der Waals surface area contributed by atoms with Crippen LogP contribution in [0.3, 0.4) is 0 Å². The van der Waals surface area contributed by atoms with Crippen LogP contribution in [-0.2, 0) is 19.2 Å². The first-order valence-corrected chi connectivity index (χ1v) is 8.83. The lowest BCUT2D eigenvalue weighted by molar-refractivity contribution is -0.518. The highest BCUT2D eigenvalue weighted by Crippen LogP contribution is 2.39. The van der Waals surface area contributed by atoms with Crippen LogP contribution in [0.5, 0.6) is 0 Å². The van der Waals surface area contributed by atoms with E-state index in [4.69, 9.17) is 5.11 Å². The topological polar surface area (TPSA) is 144 Å². The molecule has 1 aliphatic rings. The monoisotopic (exact) mass is 390 g/mol. The van der Waals surface area contributed by atoms with Crippen LogP contribution in [-0.4, -0.2) is 39.5 Å². The maximum atomic E-state index is 12.6. The Morgan fingerprint density at radius 3 is 2.54 bits per heavy atom. The van der Waals surface area contributed by atoms with Crippen molar-refractivity contribution < 1.29 is 29.2 Å². The first-order valence-electron chi connectivity index (χ1n) is 8.83. The van der Waals surface area contributed by atoms with E-state index in [1.807, 2.05) is 6.07 Å². The molecule has 1 saturated carbocycles. The second-order valence-corrected chi connectivity index (χ2v) is 7.30. The second kappa shape index (κ2) is 8.28. The Hall–Kier alpha value is -3.10. The lowest BCUT2D eigenvalue weighted by atomic mass is 9.80. The molecule has 0 radical (unpaired) electrons. The largest absolute Gasteiger partial charge is 0.481 e. The van der Waals surface area contributed by atoms with Crippen molar-refractivity contribution in [3.05, 3.63) is 39.4 Å². The van der Waals surface area contributed by atoms with Gasteiger partial charge in [-0.15, -0.1) is 0 Å². The Balaban J connectivity index is 2.31. The number of carbonyl (C=O) groups excluding carboxylic acids is 3. The third-order valence-electron chi connectivity index (χ3n) is 5.18. The molecule has 1 aromatic carbocycles. The van der Waals surface area contributed by atoms with Crippen LogP contribution in [0.25, 0.3) is 0 Å². The number of nitrogens with zero attached hydrogens (tertiary/aromatic N) is 1. The molecule has 1 aliphatic carbocycles. The van der Waals surface area contributed by atoms with Crippen molar-refractivity contribution >= 4 is 29.1 Å². The molecule has 1 amide bonds. The van der Waals surface area contributed by atoms with Gasteiger partial charge in [0.25, 0.3) is 17.7 Å². The van der Waals surface area contributed by atoms with Gasteiger partial charge in [-0.2, -0.15) is 0 Å². The average molecular weight is 390 g/mol. The fraction of sp³-hybridized carbons (Fsp3) is 0.474. The number of amides is 1. The summed E-state index contributed by atoms with van der Waals surface area (Å²) >= 11 is 0. The summed E-state index contributed by atoms with van der Waals surface area (Å²) in [6, 6.07) is 3.21. The van der Waals surface area contributed by atoms with E-state index in [1.54, 1.807) is 32.9 Å². The van der Waals surface area contributed by atoms with Gasteiger partial charge in [0.2, 0.25) is 0 Å².